The summed E-state index contributed by atoms with van der Waals surface area (Å²) >= 11 is 0. The van der Waals surface area contributed by atoms with Crippen molar-refractivity contribution in [3.63, 3.8) is 0 Å². The van der Waals surface area contributed by atoms with Gasteiger partial charge in [-0.2, -0.15) is 0 Å². The van der Waals surface area contributed by atoms with E-state index in [-0.39, 0.29) is 25.7 Å². The summed E-state index contributed by atoms with van der Waals surface area (Å²) in [5.74, 6) is 0.122. The molecule has 6 atom stereocenters. The molecule has 0 amide bonds. The number of carbonyl (C=O) groups excluding carboxylic acids is 4. The van der Waals surface area contributed by atoms with Crippen LogP contribution in [0.5, 0.6) is 0 Å². The highest BCUT2D eigenvalue weighted by Gasteiger charge is 2.30. The van der Waals surface area contributed by atoms with Crippen LogP contribution in [0.3, 0.4) is 0 Å². The van der Waals surface area contributed by atoms with E-state index in [4.69, 9.17) is 37.0 Å². The van der Waals surface area contributed by atoms with E-state index in [0.29, 0.717) is 25.7 Å². The van der Waals surface area contributed by atoms with Crippen molar-refractivity contribution in [3.8, 4) is 0 Å². The molecule has 3 unspecified atom stereocenters. The quantitative estimate of drug-likeness (QED) is 0.0169. The van der Waals surface area contributed by atoms with Crippen LogP contribution >= 0.6 is 15.6 Å². The third kappa shape index (κ3) is 66.8. The summed E-state index contributed by atoms with van der Waals surface area (Å²) in [6.45, 7) is 11.8. The number of aliphatic hydroxyl groups excluding tert-OH is 1. The van der Waals surface area contributed by atoms with Crippen LogP contribution in [0.1, 0.15) is 357 Å². The number of hydrogen-bond donors (Lipinski definition) is 3. The molecular weight excluding hydrogens is 1230 g/mol. The number of rotatable bonds is 71. The maximum Gasteiger partial charge on any atom is 0.472 e. The third-order valence-electron chi connectivity index (χ3n) is 17.1. The van der Waals surface area contributed by atoms with Crippen molar-refractivity contribution < 1.29 is 80.2 Å². The number of phosphoric acid groups is 2. The Morgan fingerprint density at radius 1 is 0.351 bits per heavy atom. The molecule has 3 N–H and O–H groups in total. The number of esters is 4. The Bertz CT molecular complexity index is 1930. The van der Waals surface area contributed by atoms with E-state index in [9.17, 15) is 43.2 Å². The molecule has 0 spiro atoms. The molecule has 0 aromatic rings. The molecule has 0 fully saturated rings. The Morgan fingerprint density at radius 3 is 0.947 bits per heavy atom. The number of phosphoric ester groups is 2. The highest BCUT2D eigenvalue weighted by atomic mass is 31.2. The number of hydrogen-bond acceptors (Lipinski definition) is 15. The molecule has 0 bridgehead atoms. The van der Waals surface area contributed by atoms with Gasteiger partial charge in [0.25, 0.3) is 0 Å². The maximum absolute atomic E-state index is 13.1. The minimum absolute atomic E-state index is 0.0846. The molecule has 0 aromatic heterocycles. The van der Waals surface area contributed by atoms with Crippen LogP contribution in [-0.4, -0.2) is 96.7 Å². The van der Waals surface area contributed by atoms with Gasteiger partial charge in [-0.15, -0.1) is 0 Å². The summed E-state index contributed by atoms with van der Waals surface area (Å²) in [7, 11) is -9.92. The second-order valence-corrected chi connectivity index (χ2v) is 30.5. The molecule has 0 saturated carbocycles. The molecule has 554 valence electrons. The molecule has 19 heteroatoms. The monoisotopic (exact) mass is 1380 g/mol. The lowest BCUT2D eigenvalue weighted by molar-refractivity contribution is -0.161. The predicted octanol–water partition coefficient (Wildman–Crippen LogP) is 21.3. The van der Waals surface area contributed by atoms with Gasteiger partial charge < -0.3 is 33.8 Å². The fraction of sp³-hybridized carbons (Fsp3) is 0.893. The summed E-state index contributed by atoms with van der Waals surface area (Å²) in [5, 5.41) is 10.6. The van der Waals surface area contributed by atoms with Gasteiger partial charge >= 0.3 is 39.5 Å². The lowest BCUT2D eigenvalue weighted by atomic mass is 10.00. The van der Waals surface area contributed by atoms with Crippen LogP contribution < -0.4 is 0 Å². The molecule has 0 aromatic carbocycles. The number of unbranched alkanes of at least 4 members (excludes halogenated alkanes) is 35. The van der Waals surface area contributed by atoms with Gasteiger partial charge in [-0.3, -0.25) is 37.3 Å². The summed E-state index contributed by atoms with van der Waals surface area (Å²) < 4.78 is 68.4. The van der Waals surface area contributed by atoms with Crippen LogP contribution in [0.25, 0.3) is 0 Å². The first-order valence-corrected chi connectivity index (χ1v) is 41.2. The maximum atomic E-state index is 13.1. The van der Waals surface area contributed by atoms with E-state index in [1.54, 1.807) is 0 Å². The topological polar surface area (TPSA) is 237 Å². The molecule has 0 radical (unpaired) electrons. The van der Waals surface area contributed by atoms with Gasteiger partial charge in [0.05, 0.1) is 26.4 Å². The molecule has 0 saturated heterocycles. The summed E-state index contributed by atoms with van der Waals surface area (Å²) in [5.41, 5.74) is 0. The zero-order valence-electron chi connectivity index (χ0n) is 60.9. The van der Waals surface area contributed by atoms with E-state index in [0.717, 1.165) is 127 Å². The van der Waals surface area contributed by atoms with Crippen molar-refractivity contribution in [3.05, 3.63) is 24.3 Å². The Labute approximate surface area is 573 Å². The standard InChI is InChI=1S/C75H142O17P2/c1-8-10-11-12-13-14-15-16-17-18-25-30-35-44-51-58-74(79)91-70(62-85-72(77)56-49-42-34-29-24-20-19-22-27-32-39-46-53-66(3)4)64-89-93(81,82)87-60-69(76)61-88-94(83,84)90-65-71(63-86-73(78)57-50-43-38-37-41-48-55-68(7)9-2)92-75(80)59-52-45-36-31-26-21-23-28-33-40-47-54-67(5)6/h14-17,66-71,76H,8-13,18-65H2,1-7H3,(H,81,82)(H,83,84)/b15-14-,17-16-/t68?,69-,70-,71-/m1/s1. The largest absolute Gasteiger partial charge is 0.472 e. The highest BCUT2D eigenvalue weighted by molar-refractivity contribution is 7.47. The van der Waals surface area contributed by atoms with Crippen molar-refractivity contribution in [2.24, 2.45) is 17.8 Å². The van der Waals surface area contributed by atoms with Gasteiger partial charge in [-0.25, -0.2) is 9.13 Å². The summed E-state index contributed by atoms with van der Waals surface area (Å²) in [6.07, 6.45) is 53.5. The number of ether oxygens (including phenoxy) is 4. The minimum Gasteiger partial charge on any atom is -0.462 e. The van der Waals surface area contributed by atoms with Gasteiger partial charge in [0, 0.05) is 25.7 Å². The molecule has 0 heterocycles. The first-order valence-electron chi connectivity index (χ1n) is 38.2. The summed E-state index contributed by atoms with van der Waals surface area (Å²) in [4.78, 5) is 72.7. The molecule has 0 aliphatic rings. The van der Waals surface area contributed by atoms with Crippen molar-refractivity contribution in [2.75, 3.05) is 39.6 Å². The average molecular weight is 1380 g/mol. The molecule has 17 nitrogen and oxygen atoms in total. The van der Waals surface area contributed by atoms with E-state index >= 15 is 0 Å². The van der Waals surface area contributed by atoms with Crippen LogP contribution in [0.15, 0.2) is 24.3 Å². The SMILES string of the molecule is CCCCCC/C=C\C=C/CCCCCCCC(=O)O[C@H](COC(=O)CCCCCCCCCCCCCCC(C)C)COP(=O)(O)OC[C@@H](O)COP(=O)(O)OC[C@@H](COC(=O)CCCCCCCCC(C)CC)OC(=O)CCCCCCCCCCCCCC(C)C. The third-order valence-corrected chi connectivity index (χ3v) is 19.0. The van der Waals surface area contributed by atoms with Gasteiger partial charge in [0.1, 0.15) is 19.3 Å². The lowest BCUT2D eigenvalue weighted by Gasteiger charge is -2.21. The first kappa shape index (κ1) is 91.5. The summed E-state index contributed by atoms with van der Waals surface area (Å²) in [6, 6.07) is 0. The second kappa shape index (κ2) is 65.2. The van der Waals surface area contributed by atoms with Crippen LogP contribution in [-0.2, 0) is 65.4 Å². The van der Waals surface area contributed by atoms with Gasteiger partial charge in [-0.1, -0.05) is 304 Å². The number of allylic oxidation sites excluding steroid dienone is 4. The molecule has 94 heavy (non-hydrogen) atoms. The van der Waals surface area contributed by atoms with Crippen molar-refractivity contribution >= 4 is 39.5 Å². The Kier molecular flexibility index (Phi) is 63.5. The average Bonchev–Trinajstić information content (AvgIpc) is 1.47. The van der Waals surface area contributed by atoms with Crippen LogP contribution in [0.4, 0.5) is 0 Å². The molecule has 0 aliphatic carbocycles. The second-order valence-electron chi connectivity index (χ2n) is 27.5. The van der Waals surface area contributed by atoms with Gasteiger partial charge in [0.15, 0.2) is 12.2 Å². The Balaban J connectivity index is 5.30. The van der Waals surface area contributed by atoms with Crippen molar-refractivity contribution in [1.29, 1.82) is 0 Å². The van der Waals surface area contributed by atoms with Crippen molar-refractivity contribution in [1.82, 2.24) is 0 Å². The Hall–Kier alpha value is -2.46. The van der Waals surface area contributed by atoms with Gasteiger partial charge in [-0.05, 0) is 69.1 Å². The zero-order valence-corrected chi connectivity index (χ0v) is 62.7. The smallest absolute Gasteiger partial charge is 0.462 e. The van der Waals surface area contributed by atoms with Crippen LogP contribution in [0.2, 0.25) is 0 Å². The number of carbonyl (C=O) groups is 4. The van der Waals surface area contributed by atoms with E-state index in [1.807, 2.05) is 0 Å². The molecule has 0 rings (SSSR count). The fourth-order valence-electron chi connectivity index (χ4n) is 10.9. The van der Waals surface area contributed by atoms with Gasteiger partial charge in [0.2, 0.25) is 0 Å². The molecule has 0 aliphatic heterocycles. The normalized spacial score (nSPS) is 14.6. The number of aliphatic hydroxyl groups is 1. The van der Waals surface area contributed by atoms with Crippen molar-refractivity contribution in [2.45, 2.75) is 375 Å². The first-order chi connectivity index (χ1) is 45.3. The van der Waals surface area contributed by atoms with E-state index < -0.39 is 97.5 Å². The predicted molar refractivity (Wildman–Crippen MR) is 381 cm³/mol. The van der Waals surface area contributed by atoms with Crippen LogP contribution in [0, 0.1) is 17.8 Å². The fourth-order valence-corrected chi connectivity index (χ4v) is 12.4. The van der Waals surface area contributed by atoms with E-state index in [1.165, 1.54) is 148 Å². The Morgan fingerprint density at radius 2 is 0.628 bits per heavy atom. The zero-order chi connectivity index (χ0) is 69.4. The lowest BCUT2D eigenvalue weighted by Crippen LogP contribution is -2.30. The van der Waals surface area contributed by atoms with E-state index in [2.05, 4.69) is 72.8 Å². The highest BCUT2D eigenvalue weighted by Crippen LogP contribution is 2.45. The minimum atomic E-state index is -4.97. The molecular formula is C75H142O17P2.